The van der Waals surface area contributed by atoms with Crippen molar-refractivity contribution in [1.29, 1.82) is 0 Å². The number of nitro benzene ring substituents is 1. The lowest BCUT2D eigenvalue weighted by molar-refractivity contribution is -0.387. The van der Waals surface area contributed by atoms with E-state index in [2.05, 4.69) is 5.32 Å². The van der Waals surface area contributed by atoms with Crippen LogP contribution in [0.3, 0.4) is 0 Å². The second-order valence-corrected chi connectivity index (χ2v) is 5.93. The van der Waals surface area contributed by atoms with Crippen LogP contribution in [-0.4, -0.2) is 40.0 Å². The van der Waals surface area contributed by atoms with Crippen LogP contribution in [0.25, 0.3) is 0 Å². The lowest BCUT2D eigenvalue weighted by Crippen LogP contribution is -2.49. The maximum atomic E-state index is 13.3. The molecule has 1 aliphatic heterocycles. The van der Waals surface area contributed by atoms with Crippen molar-refractivity contribution in [2.75, 3.05) is 18.4 Å². The minimum Gasteiger partial charge on any atom is -0.390 e. The molecule has 0 bridgehead atoms. The van der Waals surface area contributed by atoms with Gasteiger partial charge in [-0.2, -0.15) is 4.39 Å². The number of hydrogen-bond donors (Lipinski definition) is 2. The Bertz CT molecular complexity index is 821. The number of rotatable bonds is 5. The third-order valence-electron chi connectivity index (χ3n) is 3.93. The molecular weight excluding hydrogens is 329 g/mol. The van der Waals surface area contributed by atoms with Gasteiger partial charge in [-0.25, -0.2) is 0 Å². The van der Waals surface area contributed by atoms with E-state index in [0.717, 1.165) is 17.7 Å². The summed E-state index contributed by atoms with van der Waals surface area (Å²) in [6.07, 6.45) is -0.291. The molecule has 0 aliphatic carbocycles. The predicted octanol–water partition coefficient (Wildman–Crippen LogP) is 2.16. The highest BCUT2D eigenvalue weighted by Gasteiger charge is 2.24. The summed E-state index contributed by atoms with van der Waals surface area (Å²) in [5.74, 6) is -1.40. The highest BCUT2D eigenvalue weighted by atomic mass is 19.1. The van der Waals surface area contributed by atoms with Crippen LogP contribution in [0.5, 0.6) is 0 Å². The van der Waals surface area contributed by atoms with E-state index < -0.39 is 22.3 Å². The first-order valence-corrected chi connectivity index (χ1v) is 7.67. The minimum absolute atomic E-state index is 0.148. The molecule has 130 valence electrons. The average Bonchev–Trinajstić information content (AvgIpc) is 2.55. The molecular formula is C17H16FN3O4. The fourth-order valence-corrected chi connectivity index (χ4v) is 2.67. The largest absolute Gasteiger partial charge is 0.390 e. The number of aliphatic hydroxyl groups excluding tert-OH is 1. The number of nitrogens with zero attached hydrogens (tertiary/aromatic N) is 2. The van der Waals surface area contributed by atoms with Gasteiger partial charge in [-0.05, 0) is 29.8 Å². The number of hydrogen-bond acceptors (Lipinski definition) is 5. The molecule has 7 nitrogen and oxygen atoms in total. The van der Waals surface area contributed by atoms with Crippen molar-refractivity contribution in [3.63, 3.8) is 0 Å². The topological polar surface area (TPSA) is 95.7 Å². The maximum absolute atomic E-state index is 13.3. The molecule has 1 saturated heterocycles. The summed E-state index contributed by atoms with van der Waals surface area (Å²) >= 11 is 0. The molecule has 0 spiro atoms. The summed E-state index contributed by atoms with van der Waals surface area (Å²) in [6.45, 7) is 1.84. The summed E-state index contributed by atoms with van der Waals surface area (Å²) in [5.41, 5.74) is 0.771. The van der Waals surface area contributed by atoms with Crippen LogP contribution in [-0.2, 0) is 6.54 Å². The molecule has 1 aliphatic rings. The maximum Gasteiger partial charge on any atom is 0.306 e. The van der Waals surface area contributed by atoms with Crippen molar-refractivity contribution in [1.82, 2.24) is 4.90 Å². The Morgan fingerprint density at radius 3 is 2.76 bits per heavy atom. The molecule has 1 amide bonds. The number of amides is 1. The summed E-state index contributed by atoms with van der Waals surface area (Å²) < 4.78 is 13.3. The van der Waals surface area contributed by atoms with E-state index in [9.17, 15) is 24.4 Å². The van der Waals surface area contributed by atoms with Crippen molar-refractivity contribution in [3.8, 4) is 0 Å². The number of likely N-dealkylation sites (tertiary alicyclic amines) is 1. The van der Waals surface area contributed by atoms with Crippen LogP contribution in [0.1, 0.15) is 15.9 Å². The fourth-order valence-electron chi connectivity index (χ4n) is 2.67. The zero-order valence-corrected chi connectivity index (χ0v) is 13.2. The molecule has 1 heterocycles. The fraction of sp³-hybridized carbons (Fsp3) is 0.235. The predicted molar refractivity (Wildman–Crippen MR) is 88.7 cm³/mol. The molecule has 8 heteroatoms. The summed E-state index contributed by atoms with van der Waals surface area (Å²) in [6, 6.07) is 10.2. The second-order valence-electron chi connectivity index (χ2n) is 5.93. The lowest BCUT2D eigenvalue weighted by Gasteiger charge is -2.35. The van der Waals surface area contributed by atoms with Gasteiger partial charge < -0.3 is 10.4 Å². The number of carbonyl (C=O) groups excluding carboxylic acids is 1. The monoisotopic (exact) mass is 345 g/mol. The van der Waals surface area contributed by atoms with Gasteiger partial charge in [-0.1, -0.05) is 12.1 Å². The molecule has 0 aromatic heterocycles. The molecule has 25 heavy (non-hydrogen) atoms. The standard InChI is InChI=1S/C17H16FN3O4/c18-15-5-4-13(7-16(15)21(24)25)19-17(23)12-3-1-2-11(6-12)8-20-9-14(22)10-20/h1-7,14,22H,8-10H2,(H,19,23). The summed E-state index contributed by atoms with van der Waals surface area (Å²) in [5, 5.41) is 22.6. The first-order chi connectivity index (χ1) is 11.9. The van der Waals surface area contributed by atoms with Crippen LogP contribution in [0.2, 0.25) is 0 Å². The van der Waals surface area contributed by atoms with Gasteiger partial charge in [0.1, 0.15) is 0 Å². The molecule has 2 N–H and O–H groups in total. The molecule has 0 saturated carbocycles. The zero-order chi connectivity index (χ0) is 18.0. The molecule has 0 radical (unpaired) electrons. The number of carbonyl (C=O) groups is 1. The van der Waals surface area contributed by atoms with Gasteiger partial charge in [-0.3, -0.25) is 19.8 Å². The van der Waals surface area contributed by atoms with Gasteiger partial charge in [0.2, 0.25) is 5.82 Å². The molecule has 2 aromatic carbocycles. The van der Waals surface area contributed by atoms with Crippen molar-refractivity contribution >= 4 is 17.3 Å². The SMILES string of the molecule is O=C(Nc1ccc(F)c([N+](=O)[O-])c1)c1cccc(CN2CC(O)C2)c1. The Hall–Kier alpha value is -2.84. The molecule has 2 aromatic rings. The number of β-amino-alcohol motifs (C(OH)–C–C–N with tert-alkyl or cyclic N) is 1. The molecule has 0 atom stereocenters. The number of benzene rings is 2. The lowest BCUT2D eigenvalue weighted by atomic mass is 10.1. The summed E-state index contributed by atoms with van der Waals surface area (Å²) in [7, 11) is 0. The van der Waals surface area contributed by atoms with Crippen molar-refractivity contribution in [2.45, 2.75) is 12.6 Å². The van der Waals surface area contributed by atoms with Gasteiger partial charge >= 0.3 is 5.69 Å². The summed E-state index contributed by atoms with van der Waals surface area (Å²) in [4.78, 5) is 24.3. The van der Waals surface area contributed by atoms with E-state index in [1.165, 1.54) is 6.07 Å². The van der Waals surface area contributed by atoms with Crippen LogP contribution in [0.4, 0.5) is 15.8 Å². The Kier molecular flexibility index (Phi) is 4.73. The Labute approximate surface area is 142 Å². The van der Waals surface area contributed by atoms with E-state index in [4.69, 9.17) is 0 Å². The van der Waals surface area contributed by atoms with Crippen molar-refractivity contribution in [3.05, 3.63) is 69.5 Å². The van der Waals surface area contributed by atoms with Gasteiger partial charge in [-0.15, -0.1) is 0 Å². The second kappa shape index (κ2) is 6.96. The van der Waals surface area contributed by atoms with Crippen molar-refractivity contribution < 1.29 is 19.2 Å². The van der Waals surface area contributed by atoms with Gasteiger partial charge in [0.25, 0.3) is 5.91 Å². The normalized spacial score (nSPS) is 14.8. The van der Waals surface area contributed by atoms with E-state index in [-0.39, 0.29) is 11.8 Å². The molecule has 0 unspecified atom stereocenters. The van der Waals surface area contributed by atoms with E-state index in [1.54, 1.807) is 18.2 Å². The van der Waals surface area contributed by atoms with Gasteiger partial charge in [0.05, 0.1) is 11.0 Å². The highest BCUT2D eigenvalue weighted by Crippen LogP contribution is 2.22. The number of nitrogens with one attached hydrogen (secondary N) is 1. The molecule has 3 rings (SSSR count). The Balaban J connectivity index is 1.71. The first-order valence-electron chi connectivity index (χ1n) is 7.67. The smallest absolute Gasteiger partial charge is 0.306 e. The quantitative estimate of drug-likeness (QED) is 0.639. The van der Waals surface area contributed by atoms with E-state index in [1.807, 2.05) is 11.0 Å². The van der Waals surface area contributed by atoms with Gasteiger partial charge in [0, 0.05) is 37.0 Å². The molecule has 1 fully saturated rings. The van der Waals surface area contributed by atoms with Crippen molar-refractivity contribution in [2.24, 2.45) is 0 Å². The van der Waals surface area contributed by atoms with E-state index in [0.29, 0.717) is 25.2 Å². The van der Waals surface area contributed by atoms with Crippen LogP contribution < -0.4 is 5.32 Å². The number of anilines is 1. The number of halogens is 1. The third kappa shape index (κ3) is 3.98. The Morgan fingerprint density at radius 1 is 1.32 bits per heavy atom. The minimum atomic E-state index is -0.957. The zero-order valence-electron chi connectivity index (χ0n) is 13.2. The number of nitro groups is 1. The third-order valence-corrected chi connectivity index (χ3v) is 3.93. The van der Waals surface area contributed by atoms with E-state index >= 15 is 0 Å². The van der Waals surface area contributed by atoms with Crippen LogP contribution in [0.15, 0.2) is 42.5 Å². The Morgan fingerprint density at radius 2 is 2.08 bits per heavy atom. The highest BCUT2D eigenvalue weighted by molar-refractivity contribution is 6.04. The first kappa shape index (κ1) is 17.0. The van der Waals surface area contributed by atoms with Crippen LogP contribution >= 0.6 is 0 Å². The van der Waals surface area contributed by atoms with Crippen LogP contribution in [0, 0.1) is 15.9 Å². The average molecular weight is 345 g/mol. The van der Waals surface area contributed by atoms with Gasteiger partial charge in [0.15, 0.2) is 0 Å². The number of aliphatic hydroxyl groups is 1.